The summed E-state index contributed by atoms with van der Waals surface area (Å²) in [6.45, 7) is 2.71. The molecule has 1 unspecified atom stereocenters. The van der Waals surface area contributed by atoms with E-state index in [9.17, 15) is 0 Å². The molecular weight excluding hydrogens is 222 g/mol. The molecule has 2 aromatic rings. The van der Waals surface area contributed by atoms with E-state index in [2.05, 4.69) is 35.1 Å². The summed E-state index contributed by atoms with van der Waals surface area (Å²) in [5.41, 5.74) is 11.0. The fraction of sp³-hybridized carbons (Fsp3) is 0.400. The third kappa shape index (κ3) is 1.95. The molecular formula is C15H19N3. The monoisotopic (exact) mass is 241 g/mol. The summed E-state index contributed by atoms with van der Waals surface area (Å²) in [6, 6.07) is 6.74. The van der Waals surface area contributed by atoms with Crippen LogP contribution >= 0.6 is 0 Å². The van der Waals surface area contributed by atoms with Crippen LogP contribution in [0.3, 0.4) is 0 Å². The number of rotatable bonds is 3. The number of nitrogens with one attached hydrogen (secondary N) is 1. The minimum absolute atomic E-state index is 0.285. The summed E-state index contributed by atoms with van der Waals surface area (Å²) >= 11 is 0. The number of hydrogen-bond donors (Lipinski definition) is 2. The second kappa shape index (κ2) is 4.58. The molecule has 0 saturated heterocycles. The quantitative estimate of drug-likeness (QED) is 0.868. The lowest BCUT2D eigenvalue weighted by atomic mass is 10.0. The van der Waals surface area contributed by atoms with Crippen molar-refractivity contribution in [2.45, 2.75) is 32.1 Å². The van der Waals surface area contributed by atoms with Crippen molar-refractivity contribution in [3.8, 4) is 11.3 Å². The van der Waals surface area contributed by atoms with E-state index in [1.807, 2.05) is 6.20 Å². The number of aryl methyl sites for hydroxylation is 2. The highest BCUT2D eigenvalue weighted by atomic mass is 14.9. The minimum Gasteiger partial charge on any atom is -0.342 e. The average Bonchev–Trinajstić information content (AvgIpc) is 3.05. The van der Waals surface area contributed by atoms with Gasteiger partial charge in [0.15, 0.2) is 0 Å². The van der Waals surface area contributed by atoms with E-state index >= 15 is 0 Å². The van der Waals surface area contributed by atoms with Crippen LogP contribution in [0, 0.1) is 0 Å². The van der Waals surface area contributed by atoms with Crippen LogP contribution in [0.25, 0.3) is 11.3 Å². The molecule has 0 saturated carbocycles. The van der Waals surface area contributed by atoms with E-state index in [-0.39, 0.29) is 5.92 Å². The Bertz CT molecular complexity index is 557. The number of H-pyrrole nitrogens is 1. The number of aromatic amines is 1. The van der Waals surface area contributed by atoms with Crippen molar-refractivity contribution in [2.24, 2.45) is 5.73 Å². The Hall–Kier alpha value is -1.61. The van der Waals surface area contributed by atoms with Gasteiger partial charge in [-0.15, -0.1) is 0 Å². The first-order valence-corrected chi connectivity index (χ1v) is 6.65. The van der Waals surface area contributed by atoms with Gasteiger partial charge < -0.3 is 10.7 Å². The fourth-order valence-electron chi connectivity index (χ4n) is 2.58. The van der Waals surface area contributed by atoms with Crippen LogP contribution in [0.15, 0.2) is 24.4 Å². The van der Waals surface area contributed by atoms with Gasteiger partial charge in [-0.25, -0.2) is 4.98 Å². The molecule has 18 heavy (non-hydrogen) atoms. The summed E-state index contributed by atoms with van der Waals surface area (Å²) in [4.78, 5) is 7.80. The van der Waals surface area contributed by atoms with E-state index in [0.717, 1.165) is 11.5 Å². The highest BCUT2D eigenvalue weighted by Gasteiger charge is 2.13. The second-order valence-corrected chi connectivity index (χ2v) is 5.16. The Morgan fingerprint density at radius 3 is 3.00 bits per heavy atom. The summed E-state index contributed by atoms with van der Waals surface area (Å²) in [5, 5.41) is 0. The smallest absolute Gasteiger partial charge is 0.110 e. The van der Waals surface area contributed by atoms with Crippen molar-refractivity contribution in [3.05, 3.63) is 41.3 Å². The Morgan fingerprint density at radius 2 is 2.17 bits per heavy atom. The Kier molecular flexibility index (Phi) is 2.92. The SMILES string of the molecule is CC(CN)c1ncc(-c2ccc3c(c2)CCC3)[nH]1. The van der Waals surface area contributed by atoms with Gasteiger partial charge in [0, 0.05) is 12.5 Å². The molecule has 0 aliphatic heterocycles. The first-order valence-electron chi connectivity index (χ1n) is 6.65. The highest BCUT2D eigenvalue weighted by molar-refractivity contribution is 5.61. The molecule has 3 heteroatoms. The Balaban J connectivity index is 1.92. The number of fused-ring (bicyclic) bond motifs is 1. The van der Waals surface area contributed by atoms with Gasteiger partial charge in [-0.3, -0.25) is 0 Å². The maximum absolute atomic E-state index is 5.67. The van der Waals surface area contributed by atoms with Gasteiger partial charge in [0.25, 0.3) is 0 Å². The van der Waals surface area contributed by atoms with Gasteiger partial charge >= 0.3 is 0 Å². The zero-order valence-corrected chi connectivity index (χ0v) is 10.7. The molecule has 1 aromatic heterocycles. The van der Waals surface area contributed by atoms with E-state index in [0.29, 0.717) is 6.54 Å². The molecule has 0 radical (unpaired) electrons. The summed E-state index contributed by atoms with van der Waals surface area (Å²) < 4.78 is 0. The third-order valence-corrected chi connectivity index (χ3v) is 3.83. The summed E-state index contributed by atoms with van der Waals surface area (Å²) in [7, 11) is 0. The zero-order chi connectivity index (χ0) is 12.5. The van der Waals surface area contributed by atoms with Crippen molar-refractivity contribution < 1.29 is 0 Å². The lowest BCUT2D eigenvalue weighted by Crippen LogP contribution is -2.10. The number of nitrogens with zero attached hydrogens (tertiary/aromatic N) is 1. The number of hydrogen-bond acceptors (Lipinski definition) is 2. The van der Waals surface area contributed by atoms with Crippen molar-refractivity contribution >= 4 is 0 Å². The summed E-state index contributed by atoms with van der Waals surface area (Å²) in [6.07, 6.45) is 5.65. The summed E-state index contributed by atoms with van der Waals surface area (Å²) in [5.74, 6) is 1.26. The topological polar surface area (TPSA) is 54.7 Å². The molecule has 3 N–H and O–H groups in total. The van der Waals surface area contributed by atoms with Crippen molar-refractivity contribution in [1.29, 1.82) is 0 Å². The maximum Gasteiger partial charge on any atom is 0.110 e. The lowest BCUT2D eigenvalue weighted by Gasteiger charge is -2.04. The molecule has 94 valence electrons. The molecule has 1 aromatic carbocycles. The van der Waals surface area contributed by atoms with Gasteiger partial charge in [-0.05, 0) is 42.0 Å². The van der Waals surface area contributed by atoms with Crippen LogP contribution in [0.5, 0.6) is 0 Å². The fourth-order valence-corrected chi connectivity index (χ4v) is 2.58. The molecule has 0 amide bonds. The number of benzene rings is 1. The molecule has 3 rings (SSSR count). The molecule has 0 fully saturated rings. The number of aromatic nitrogens is 2. The van der Waals surface area contributed by atoms with Crippen molar-refractivity contribution in [3.63, 3.8) is 0 Å². The Labute approximate surface area is 107 Å². The van der Waals surface area contributed by atoms with Gasteiger partial charge in [0.2, 0.25) is 0 Å². The van der Waals surface area contributed by atoms with Gasteiger partial charge in [-0.2, -0.15) is 0 Å². The highest BCUT2D eigenvalue weighted by Crippen LogP contribution is 2.27. The zero-order valence-electron chi connectivity index (χ0n) is 10.7. The molecule has 1 heterocycles. The van der Waals surface area contributed by atoms with Crippen LogP contribution in [-0.4, -0.2) is 16.5 Å². The van der Waals surface area contributed by atoms with Crippen molar-refractivity contribution in [1.82, 2.24) is 9.97 Å². The predicted octanol–water partition coefficient (Wildman–Crippen LogP) is 2.63. The van der Waals surface area contributed by atoms with E-state index in [1.165, 1.54) is 36.0 Å². The third-order valence-electron chi connectivity index (χ3n) is 3.83. The van der Waals surface area contributed by atoms with Crippen LogP contribution in [-0.2, 0) is 12.8 Å². The van der Waals surface area contributed by atoms with Crippen LogP contribution in [0.1, 0.15) is 36.2 Å². The molecule has 1 atom stereocenters. The molecule has 1 aliphatic rings. The Morgan fingerprint density at radius 1 is 1.33 bits per heavy atom. The normalized spacial score (nSPS) is 15.7. The molecule has 0 bridgehead atoms. The van der Waals surface area contributed by atoms with E-state index in [1.54, 1.807) is 0 Å². The minimum atomic E-state index is 0.285. The molecule has 0 spiro atoms. The average molecular weight is 241 g/mol. The van der Waals surface area contributed by atoms with Crippen LogP contribution < -0.4 is 5.73 Å². The predicted molar refractivity (Wildman–Crippen MR) is 73.5 cm³/mol. The maximum atomic E-state index is 5.67. The van der Waals surface area contributed by atoms with Crippen molar-refractivity contribution in [2.75, 3.05) is 6.54 Å². The first-order chi connectivity index (χ1) is 8.78. The molecule has 3 nitrogen and oxygen atoms in total. The largest absolute Gasteiger partial charge is 0.342 e. The number of nitrogens with two attached hydrogens (primary N) is 1. The van der Waals surface area contributed by atoms with Crippen LogP contribution in [0.4, 0.5) is 0 Å². The molecule has 1 aliphatic carbocycles. The lowest BCUT2D eigenvalue weighted by molar-refractivity contribution is 0.725. The van der Waals surface area contributed by atoms with Gasteiger partial charge in [-0.1, -0.05) is 19.1 Å². The van der Waals surface area contributed by atoms with Gasteiger partial charge in [0.1, 0.15) is 5.82 Å². The second-order valence-electron chi connectivity index (χ2n) is 5.16. The van der Waals surface area contributed by atoms with Gasteiger partial charge in [0.05, 0.1) is 11.9 Å². The number of imidazole rings is 1. The first kappa shape index (κ1) is 11.5. The standard InChI is InChI=1S/C15H19N3/c1-10(8-16)15-17-9-14(18-15)13-6-5-11-3-2-4-12(11)7-13/h5-7,9-10H,2-4,8,16H2,1H3,(H,17,18). The van der Waals surface area contributed by atoms with E-state index in [4.69, 9.17) is 5.73 Å². The van der Waals surface area contributed by atoms with Crippen LogP contribution in [0.2, 0.25) is 0 Å². The van der Waals surface area contributed by atoms with E-state index < -0.39 is 0 Å².